The third kappa shape index (κ3) is 4.70. The van der Waals surface area contributed by atoms with Gasteiger partial charge in [-0.2, -0.15) is 13.2 Å². The Balaban J connectivity index is 2.05. The standard InChI is InChI=1S/C15H19F3N2O3S/c1-2-20(11-7-8-24(22,23)10-11)9-14(21)19-13-6-4-3-5-12(13)15(16,17)18/h3-6,11H,2,7-10H2,1H3,(H,19,21). The zero-order chi connectivity index (χ0) is 18.0. The molecule has 1 aromatic rings. The Morgan fingerprint density at radius 3 is 2.54 bits per heavy atom. The minimum atomic E-state index is -4.56. The van der Waals surface area contributed by atoms with Gasteiger partial charge in [-0.3, -0.25) is 9.69 Å². The van der Waals surface area contributed by atoms with Crippen LogP contribution >= 0.6 is 0 Å². The summed E-state index contributed by atoms with van der Waals surface area (Å²) in [6, 6.07) is 4.48. The number of benzene rings is 1. The molecular weight excluding hydrogens is 345 g/mol. The molecule has 2 rings (SSSR count). The lowest BCUT2D eigenvalue weighted by atomic mass is 10.1. The first-order valence-electron chi connectivity index (χ1n) is 7.53. The highest BCUT2D eigenvalue weighted by molar-refractivity contribution is 7.91. The van der Waals surface area contributed by atoms with Gasteiger partial charge in [0.2, 0.25) is 5.91 Å². The zero-order valence-corrected chi connectivity index (χ0v) is 14.0. The van der Waals surface area contributed by atoms with Crippen LogP contribution in [0.4, 0.5) is 18.9 Å². The van der Waals surface area contributed by atoms with Gasteiger partial charge >= 0.3 is 6.18 Å². The summed E-state index contributed by atoms with van der Waals surface area (Å²) in [4.78, 5) is 13.8. The van der Waals surface area contributed by atoms with E-state index in [-0.39, 0.29) is 29.8 Å². The molecule has 1 heterocycles. The van der Waals surface area contributed by atoms with E-state index in [9.17, 15) is 26.4 Å². The number of alkyl halides is 3. The van der Waals surface area contributed by atoms with Gasteiger partial charge in [0.25, 0.3) is 0 Å². The van der Waals surface area contributed by atoms with Gasteiger partial charge in [0, 0.05) is 6.04 Å². The number of amides is 1. The minimum absolute atomic E-state index is 0.0206. The normalized spacial score (nSPS) is 20.3. The number of sulfone groups is 1. The van der Waals surface area contributed by atoms with Crippen LogP contribution in [-0.2, 0) is 20.8 Å². The number of carbonyl (C=O) groups is 1. The number of carbonyl (C=O) groups excluding carboxylic acids is 1. The lowest BCUT2D eigenvalue weighted by Gasteiger charge is -2.26. The summed E-state index contributed by atoms with van der Waals surface area (Å²) >= 11 is 0. The summed E-state index contributed by atoms with van der Waals surface area (Å²) < 4.78 is 61.9. The van der Waals surface area contributed by atoms with Crippen molar-refractivity contribution in [2.45, 2.75) is 25.6 Å². The van der Waals surface area contributed by atoms with E-state index < -0.39 is 27.5 Å². The molecule has 1 aliphatic rings. The Morgan fingerprint density at radius 2 is 2.00 bits per heavy atom. The van der Waals surface area contributed by atoms with Crippen LogP contribution in [0.1, 0.15) is 18.9 Å². The van der Waals surface area contributed by atoms with Gasteiger partial charge in [-0.05, 0) is 25.1 Å². The van der Waals surface area contributed by atoms with Crippen molar-refractivity contribution >= 4 is 21.4 Å². The molecule has 0 radical (unpaired) electrons. The van der Waals surface area contributed by atoms with Crippen molar-refractivity contribution in [2.75, 3.05) is 29.9 Å². The van der Waals surface area contributed by atoms with Gasteiger partial charge in [-0.1, -0.05) is 19.1 Å². The molecule has 9 heteroatoms. The zero-order valence-electron chi connectivity index (χ0n) is 13.1. The van der Waals surface area contributed by atoms with Crippen molar-refractivity contribution < 1.29 is 26.4 Å². The van der Waals surface area contributed by atoms with Crippen LogP contribution in [-0.4, -0.2) is 49.9 Å². The van der Waals surface area contributed by atoms with Crippen molar-refractivity contribution in [1.82, 2.24) is 4.90 Å². The van der Waals surface area contributed by atoms with Crippen molar-refractivity contribution in [1.29, 1.82) is 0 Å². The molecule has 1 unspecified atom stereocenters. The fourth-order valence-electron chi connectivity index (χ4n) is 2.78. The number of rotatable bonds is 5. The van der Waals surface area contributed by atoms with Crippen LogP contribution < -0.4 is 5.32 Å². The Hall–Kier alpha value is -1.61. The first-order chi connectivity index (χ1) is 11.1. The summed E-state index contributed by atoms with van der Waals surface area (Å²) in [5.74, 6) is -0.544. The van der Waals surface area contributed by atoms with E-state index in [1.165, 1.54) is 18.2 Å². The van der Waals surface area contributed by atoms with E-state index in [1.54, 1.807) is 11.8 Å². The van der Waals surface area contributed by atoms with E-state index in [4.69, 9.17) is 0 Å². The van der Waals surface area contributed by atoms with Crippen LogP contribution in [0.15, 0.2) is 24.3 Å². The molecule has 1 fully saturated rings. The lowest BCUT2D eigenvalue weighted by molar-refractivity contribution is -0.137. The molecule has 134 valence electrons. The molecule has 0 spiro atoms. The molecule has 1 amide bonds. The van der Waals surface area contributed by atoms with Crippen molar-refractivity contribution in [3.8, 4) is 0 Å². The number of nitrogens with one attached hydrogen (secondary N) is 1. The molecule has 24 heavy (non-hydrogen) atoms. The van der Waals surface area contributed by atoms with Gasteiger partial charge < -0.3 is 5.32 Å². The van der Waals surface area contributed by atoms with Gasteiger partial charge in [-0.25, -0.2) is 8.42 Å². The van der Waals surface area contributed by atoms with Crippen molar-refractivity contribution in [2.24, 2.45) is 0 Å². The highest BCUT2D eigenvalue weighted by Gasteiger charge is 2.35. The van der Waals surface area contributed by atoms with E-state index in [2.05, 4.69) is 5.32 Å². The summed E-state index contributed by atoms with van der Waals surface area (Å²) in [5, 5.41) is 2.28. The first kappa shape index (κ1) is 18.7. The van der Waals surface area contributed by atoms with Gasteiger partial charge in [0.1, 0.15) is 0 Å². The molecule has 1 aliphatic heterocycles. The second kappa shape index (κ2) is 7.10. The smallest absolute Gasteiger partial charge is 0.324 e. The predicted octanol–water partition coefficient (Wildman–Crippen LogP) is 2.15. The molecule has 1 atom stereocenters. The van der Waals surface area contributed by atoms with Crippen molar-refractivity contribution in [3.63, 3.8) is 0 Å². The Morgan fingerprint density at radius 1 is 1.33 bits per heavy atom. The second-order valence-corrected chi connectivity index (χ2v) is 7.94. The SMILES string of the molecule is CCN(CC(=O)Nc1ccccc1C(F)(F)F)C1CCS(=O)(=O)C1. The highest BCUT2D eigenvalue weighted by Crippen LogP contribution is 2.34. The summed E-state index contributed by atoms with van der Waals surface area (Å²) in [6.07, 6.45) is -4.13. The quantitative estimate of drug-likeness (QED) is 0.870. The number of halogens is 3. The topological polar surface area (TPSA) is 66.5 Å². The predicted molar refractivity (Wildman–Crippen MR) is 84.4 cm³/mol. The average molecular weight is 364 g/mol. The molecule has 0 saturated carbocycles. The number of hydrogen-bond donors (Lipinski definition) is 1. The third-order valence-electron chi connectivity index (χ3n) is 3.98. The molecule has 0 aliphatic carbocycles. The van der Waals surface area contributed by atoms with Gasteiger partial charge in [0.15, 0.2) is 9.84 Å². The highest BCUT2D eigenvalue weighted by atomic mass is 32.2. The average Bonchev–Trinajstić information content (AvgIpc) is 2.84. The molecule has 1 saturated heterocycles. The largest absolute Gasteiger partial charge is 0.418 e. The number of likely N-dealkylation sites (N-methyl/N-ethyl adjacent to an activating group) is 1. The first-order valence-corrected chi connectivity index (χ1v) is 9.35. The minimum Gasteiger partial charge on any atom is -0.324 e. The van der Waals surface area contributed by atoms with Crippen LogP contribution in [0.5, 0.6) is 0 Å². The second-order valence-electron chi connectivity index (χ2n) is 5.71. The molecule has 5 nitrogen and oxygen atoms in total. The Kier molecular flexibility index (Phi) is 5.54. The maximum atomic E-state index is 12.9. The third-order valence-corrected chi connectivity index (χ3v) is 5.73. The number of anilines is 1. The monoisotopic (exact) mass is 364 g/mol. The maximum Gasteiger partial charge on any atom is 0.418 e. The summed E-state index contributed by atoms with van der Waals surface area (Å²) in [7, 11) is -3.09. The van der Waals surface area contributed by atoms with E-state index in [0.717, 1.165) is 6.07 Å². The number of para-hydroxylation sites is 1. The number of hydrogen-bond acceptors (Lipinski definition) is 4. The van der Waals surface area contributed by atoms with Crippen molar-refractivity contribution in [3.05, 3.63) is 29.8 Å². The van der Waals surface area contributed by atoms with E-state index >= 15 is 0 Å². The van der Waals surface area contributed by atoms with E-state index in [1.807, 2.05) is 0 Å². The van der Waals surface area contributed by atoms with Crippen LogP contribution in [0.3, 0.4) is 0 Å². The molecule has 1 aromatic carbocycles. The van der Waals surface area contributed by atoms with E-state index in [0.29, 0.717) is 13.0 Å². The molecule has 0 bridgehead atoms. The number of nitrogens with zero attached hydrogens (tertiary/aromatic N) is 1. The van der Waals surface area contributed by atoms with Crippen LogP contribution in [0.2, 0.25) is 0 Å². The van der Waals surface area contributed by atoms with Gasteiger partial charge in [-0.15, -0.1) is 0 Å². The molecule has 0 aromatic heterocycles. The molecular formula is C15H19F3N2O3S. The Bertz CT molecular complexity index is 704. The fraction of sp³-hybridized carbons (Fsp3) is 0.533. The maximum absolute atomic E-state index is 12.9. The lowest BCUT2D eigenvalue weighted by Crippen LogP contribution is -2.41. The Labute approximate surface area is 138 Å². The van der Waals surface area contributed by atoms with Crippen LogP contribution in [0, 0.1) is 0 Å². The fourth-order valence-corrected chi connectivity index (χ4v) is 4.54. The summed E-state index contributed by atoms with van der Waals surface area (Å²) in [5.41, 5.74) is -1.21. The van der Waals surface area contributed by atoms with Crippen LogP contribution in [0.25, 0.3) is 0 Å². The van der Waals surface area contributed by atoms with Gasteiger partial charge in [0.05, 0.1) is 29.3 Å². The summed E-state index contributed by atoms with van der Waals surface area (Å²) in [6.45, 7) is 2.07. The molecule has 1 N–H and O–H groups in total.